The molecule has 0 bridgehead atoms. The number of aromatic nitrogens is 3. The average molecular weight is 471 g/mol. The number of halogens is 5. The van der Waals surface area contributed by atoms with E-state index < -0.39 is 36.1 Å². The summed E-state index contributed by atoms with van der Waals surface area (Å²) in [7, 11) is 0. The van der Waals surface area contributed by atoms with Gasteiger partial charge in [-0.1, -0.05) is 18.2 Å². The molecule has 0 amide bonds. The summed E-state index contributed by atoms with van der Waals surface area (Å²) in [5.74, 6) is 0.443. The van der Waals surface area contributed by atoms with Crippen LogP contribution in [0.1, 0.15) is 36.3 Å². The average Bonchev–Trinajstić information content (AvgIpc) is 3.06. The van der Waals surface area contributed by atoms with Crippen LogP contribution < -0.4 is 16.0 Å². The van der Waals surface area contributed by atoms with Crippen LogP contribution in [0, 0.1) is 12.7 Å². The molecule has 0 spiro atoms. The number of rotatable bonds is 5. The Kier molecular flexibility index (Phi) is 7.04. The van der Waals surface area contributed by atoms with E-state index >= 15 is 0 Å². The summed E-state index contributed by atoms with van der Waals surface area (Å²) in [5.41, 5.74) is 5.78. The van der Waals surface area contributed by atoms with Gasteiger partial charge >= 0.3 is 0 Å². The summed E-state index contributed by atoms with van der Waals surface area (Å²) in [6.07, 6.45) is -2.49. The number of nitrogens with two attached hydrogens (primary N) is 1. The molecule has 1 aliphatic heterocycles. The van der Waals surface area contributed by atoms with Gasteiger partial charge in [-0.15, -0.1) is 12.4 Å². The lowest BCUT2D eigenvalue weighted by molar-refractivity contribution is 0.146. The van der Waals surface area contributed by atoms with Gasteiger partial charge in [-0.25, -0.2) is 32.5 Å². The molecule has 1 aromatic carbocycles. The van der Waals surface area contributed by atoms with Crippen LogP contribution in [0.4, 0.5) is 29.2 Å². The maximum atomic E-state index is 14.6. The van der Waals surface area contributed by atoms with Crippen LogP contribution in [0.3, 0.4) is 0 Å². The quantitative estimate of drug-likeness (QED) is 0.535. The first-order chi connectivity index (χ1) is 14.7. The SMILES string of the molecule is Cc1nc(N[C@H](C)c2cccc(C(F)F)c2F)c2cc(N3C[C@H](N)[C@@H](F)C3)ncc2n1.Cl. The van der Waals surface area contributed by atoms with Gasteiger partial charge in [-0.3, -0.25) is 0 Å². The number of hydrogen-bond donors (Lipinski definition) is 2. The molecule has 0 unspecified atom stereocenters. The lowest BCUT2D eigenvalue weighted by Crippen LogP contribution is -2.30. The number of aryl methyl sites for hydroxylation is 1. The lowest BCUT2D eigenvalue weighted by Gasteiger charge is -2.20. The van der Waals surface area contributed by atoms with E-state index in [-0.39, 0.29) is 24.5 Å². The van der Waals surface area contributed by atoms with Gasteiger partial charge in [0.15, 0.2) is 0 Å². The van der Waals surface area contributed by atoms with Crippen molar-refractivity contribution in [1.82, 2.24) is 15.0 Å². The van der Waals surface area contributed by atoms with Crippen LogP contribution in [-0.2, 0) is 0 Å². The Hall–Kier alpha value is -2.72. The highest BCUT2D eigenvalue weighted by atomic mass is 35.5. The summed E-state index contributed by atoms with van der Waals surface area (Å²) in [6, 6.07) is 4.40. The van der Waals surface area contributed by atoms with Crippen LogP contribution in [0.2, 0.25) is 0 Å². The maximum Gasteiger partial charge on any atom is 0.266 e. The molecule has 0 saturated carbocycles. The van der Waals surface area contributed by atoms with E-state index in [1.54, 1.807) is 31.0 Å². The predicted octanol–water partition coefficient (Wildman–Crippen LogP) is 4.49. The minimum Gasteiger partial charge on any atom is -0.363 e. The number of nitrogens with zero attached hydrogens (tertiary/aromatic N) is 4. The van der Waals surface area contributed by atoms with E-state index in [9.17, 15) is 17.6 Å². The van der Waals surface area contributed by atoms with Crippen LogP contribution in [0.15, 0.2) is 30.5 Å². The Bertz CT molecular complexity index is 1110. The van der Waals surface area contributed by atoms with E-state index in [2.05, 4.69) is 20.3 Å². The van der Waals surface area contributed by atoms with Gasteiger partial charge in [0, 0.05) is 17.5 Å². The first-order valence-corrected chi connectivity index (χ1v) is 9.86. The zero-order valence-corrected chi connectivity index (χ0v) is 18.2. The van der Waals surface area contributed by atoms with Crippen molar-refractivity contribution >= 4 is 34.9 Å². The van der Waals surface area contributed by atoms with Gasteiger partial charge in [0.25, 0.3) is 6.43 Å². The number of hydrogen-bond acceptors (Lipinski definition) is 6. The molecule has 3 heterocycles. The topological polar surface area (TPSA) is 80.0 Å². The monoisotopic (exact) mass is 470 g/mol. The van der Waals surface area contributed by atoms with Crippen molar-refractivity contribution < 1.29 is 17.6 Å². The molecule has 3 N–H and O–H groups in total. The molecular formula is C21H23ClF4N6. The van der Waals surface area contributed by atoms with Gasteiger partial charge in [-0.2, -0.15) is 0 Å². The lowest BCUT2D eigenvalue weighted by atomic mass is 10.0. The number of benzene rings is 1. The van der Waals surface area contributed by atoms with E-state index in [4.69, 9.17) is 5.73 Å². The second-order valence-corrected chi connectivity index (χ2v) is 7.68. The van der Waals surface area contributed by atoms with Crippen molar-refractivity contribution in [2.24, 2.45) is 5.73 Å². The zero-order valence-electron chi connectivity index (χ0n) is 17.4. The molecule has 11 heteroatoms. The summed E-state index contributed by atoms with van der Waals surface area (Å²) in [4.78, 5) is 14.9. The Morgan fingerprint density at radius 1 is 1.19 bits per heavy atom. The Balaban J connectivity index is 0.00000289. The van der Waals surface area contributed by atoms with Gasteiger partial charge in [-0.05, 0) is 19.9 Å². The predicted molar refractivity (Wildman–Crippen MR) is 118 cm³/mol. The summed E-state index contributed by atoms with van der Waals surface area (Å²) < 4.78 is 54.6. The highest BCUT2D eigenvalue weighted by Crippen LogP contribution is 2.31. The van der Waals surface area contributed by atoms with E-state index in [1.165, 1.54) is 12.1 Å². The smallest absolute Gasteiger partial charge is 0.266 e. The number of alkyl halides is 3. The van der Waals surface area contributed by atoms with E-state index in [0.717, 1.165) is 6.07 Å². The molecular weight excluding hydrogens is 448 g/mol. The molecule has 4 rings (SSSR count). The number of fused-ring (bicyclic) bond motifs is 1. The molecule has 1 saturated heterocycles. The van der Waals surface area contributed by atoms with Gasteiger partial charge in [0.1, 0.15) is 29.4 Å². The van der Waals surface area contributed by atoms with Crippen LogP contribution in [0.25, 0.3) is 10.9 Å². The first-order valence-electron chi connectivity index (χ1n) is 9.86. The molecule has 2 aromatic heterocycles. The molecule has 1 fully saturated rings. The molecule has 172 valence electrons. The van der Waals surface area contributed by atoms with E-state index in [0.29, 0.717) is 34.9 Å². The molecule has 6 nitrogen and oxygen atoms in total. The number of anilines is 2. The Morgan fingerprint density at radius 3 is 2.56 bits per heavy atom. The standard InChI is InChI=1S/C21H22F4N6.ClH/c1-10(12-4-3-5-13(19(12)23)20(24)25)28-21-14-6-18(31-8-15(22)16(26)9-31)27-7-17(14)29-11(2)30-21;/h3-7,10,15-16,20H,8-9,26H2,1-2H3,(H,28,29,30);1H/t10-,15+,16+;/m1./s1. The normalized spacial score (nSPS) is 19.3. The highest BCUT2D eigenvalue weighted by Gasteiger charge is 2.31. The van der Waals surface area contributed by atoms with Crippen LogP contribution in [0.5, 0.6) is 0 Å². The first kappa shape index (κ1) is 23.9. The Morgan fingerprint density at radius 2 is 1.91 bits per heavy atom. The van der Waals surface area contributed by atoms with Crippen molar-refractivity contribution in [2.45, 2.75) is 38.5 Å². The minimum atomic E-state index is -2.91. The summed E-state index contributed by atoms with van der Waals surface area (Å²) in [5, 5.41) is 3.70. The third-order valence-corrected chi connectivity index (χ3v) is 5.41. The third-order valence-electron chi connectivity index (χ3n) is 5.41. The molecule has 3 aromatic rings. The fourth-order valence-corrected chi connectivity index (χ4v) is 3.75. The van der Waals surface area contributed by atoms with Gasteiger partial charge < -0.3 is 16.0 Å². The number of pyridine rings is 1. The summed E-state index contributed by atoms with van der Waals surface area (Å²) in [6.45, 7) is 3.83. The maximum absolute atomic E-state index is 14.6. The molecule has 0 radical (unpaired) electrons. The van der Waals surface area contributed by atoms with Crippen LogP contribution >= 0.6 is 12.4 Å². The molecule has 0 aliphatic carbocycles. The summed E-state index contributed by atoms with van der Waals surface area (Å²) >= 11 is 0. The highest BCUT2D eigenvalue weighted by molar-refractivity contribution is 5.90. The Labute approximate surface area is 188 Å². The number of nitrogens with one attached hydrogen (secondary N) is 1. The second-order valence-electron chi connectivity index (χ2n) is 7.68. The second kappa shape index (κ2) is 9.41. The van der Waals surface area contributed by atoms with Crippen molar-refractivity contribution in [3.8, 4) is 0 Å². The fourth-order valence-electron chi connectivity index (χ4n) is 3.75. The van der Waals surface area contributed by atoms with Crippen molar-refractivity contribution in [3.05, 3.63) is 53.2 Å². The fraction of sp³-hybridized carbons (Fsp3) is 0.381. The van der Waals surface area contributed by atoms with Gasteiger partial charge in [0.05, 0.1) is 35.9 Å². The van der Waals surface area contributed by atoms with Crippen molar-refractivity contribution in [2.75, 3.05) is 23.3 Å². The van der Waals surface area contributed by atoms with E-state index in [1.807, 2.05) is 0 Å². The zero-order chi connectivity index (χ0) is 22.3. The minimum absolute atomic E-state index is 0. The van der Waals surface area contributed by atoms with Crippen molar-refractivity contribution in [3.63, 3.8) is 0 Å². The molecule has 3 atom stereocenters. The molecule has 32 heavy (non-hydrogen) atoms. The largest absolute Gasteiger partial charge is 0.363 e. The molecule has 1 aliphatic rings. The third kappa shape index (κ3) is 4.56. The van der Waals surface area contributed by atoms with Gasteiger partial charge in [0.2, 0.25) is 0 Å². The van der Waals surface area contributed by atoms with Crippen LogP contribution in [-0.4, -0.2) is 40.3 Å². The van der Waals surface area contributed by atoms with Crippen molar-refractivity contribution in [1.29, 1.82) is 0 Å².